The SMILES string of the molecule is O=c1/c(=C/N2CCOCC2)sc2nc(-c3ccncc3)nn12. The molecule has 1 aliphatic rings. The van der Waals surface area contributed by atoms with E-state index in [2.05, 4.69) is 20.0 Å². The van der Waals surface area contributed by atoms with Gasteiger partial charge in [-0.05, 0) is 12.1 Å². The van der Waals surface area contributed by atoms with E-state index < -0.39 is 0 Å². The summed E-state index contributed by atoms with van der Waals surface area (Å²) >= 11 is 1.36. The molecule has 0 N–H and O–H groups in total. The van der Waals surface area contributed by atoms with Crippen LogP contribution in [0.4, 0.5) is 0 Å². The maximum Gasteiger partial charge on any atom is 0.292 e. The van der Waals surface area contributed by atoms with Crippen LogP contribution in [0.2, 0.25) is 0 Å². The molecule has 0 saturated carbocycles. The number of ether oxygens (including phenoxy) is 1. The van der Waals surface area contributed by atoms with Crippen LogP contribution in [0.15, 0.2) is 29.3 Å². The lowest BCUT2D eigenvalue weighted by Gasteiger charge is -2.24. The van der Waals surface area contributed by atoms with Gasteiger partial charge in [0.25, 0.3) is 5.56 Å². The predicted molar refractivity (Wildman–Crippen MR) is 82.4 cm³/mol. The lowest BCUT2D eigenvalue weighted by Crippen LogP contribution is -2.35. The number of hydrogen-bond donors (Lipinski definition) is 0. The van der Waals surface area contributed by atoms with Gasteiger partial charge in [0.2, 0.25) is 4.96 Å². The molecule has 22 heavy (non-hydrogen) atoms. The second kappa shape index (κ2) is 5.47. The van der Waals surface area contributed by atoms with E-state index in [1.807, 2.05) is 18.3 Å². The first-order valence-electron chi connectivity index (χ1n) is 6.95. The molecule has 0 aliphatic carbocycles. The van der Waals surface area contributed by atoms with Gasteiger partial charge in [0.1, 0.15) is 4.53 Å². The highest BCUT2D eigenvalue weighted by Gasteiger charge is 2.13. The van der Waals surface area contributed by atoms with Gasteiger partial charge in [-0.15, -0.1) is 5.10 Å². The number of hydrogen-bond acceptors (Lipinski definition) is 7. The van der Waals surface area contributed by atoms with E-state index in [-0.39, 0.29) is 5.56 Å². The van der Waals surface area contributed by atoms with Crippen molar-refractivity contribution in [3.8, 4) is 11.4 Å². The third kappa shape index (κ3) is 2.36. The van der Waals surface area contributed by atoms with Crippen molar-refractivity contribution in [3.05, 3.63) is 39.4 Å². The van der Waals surface area contributed by atoms with Gasteiger partial charge in [-0.2, -0.15) is 9.50 Å². The van der Waals surface area contributed by atoms with Crippen LogP contribution in [0, 0.1) is 0 Å². The van der Waals surface area contributed by atoms with Gasteiger partial charge in [0.05, 0.1) is 13.2 Å². The van der Waals surface area contributed by atoms with Crippen LogP contribution in [0.3, 0.4) is 0 Å². The zero-order valence-corrected chi connectivity index (χ0v) is 12.5. The molecule has 4 rings (SSSR count). The van der Waals surface area contributed by atoms with Crippen LogP contribution in [-0.2, 0) is 4.74 Å². The quantitative estimate of drug-likeness (QED) is 0.663. The van der Waals surface area contributed by atoms with E-state index in [9.17, 15) is 4.79 Å². The Labute approximate surface area is 129 Å². The molecule has 0 atom stereocenters. The number of fused-ring (bicyclic) bond motifs is 1. The van der Waals surface area contributed by atoms with Gasteiger partial charge in [-0.25, -0.2) is 0 Å². The average Bonchev–Trinajstić information content (AvgIpc) is 3.10. The minimum atomic E-state index is -0.126. The molecule has 1 saturated heterocycles. The first-order chi connectivity index (χ1) is 10.8. The van der Waals surface area contributed by atoms with Crippen LogP contribution >= 0.6 is 11.3 Å². The van der Waals surface area contributed by atoms with E-state index in [1.54, 1.807) is 12.4 Å². The lowest BCUT2D eigenvalue weighted by atomic mass is 10.3. The van der Waals surface area contributed by atoms with Crippen molar-refractivity contribution in [2.45, 2.75) is 0 Å². The molecule has 112 valence electrons. The Morgan fingerprint density at radius 1 is 1.23 bits per heavy atom. The van der Waals surface area contributed by atoms with E-state index in [1.165, 1.54) is 15.9 Å². The van der Waals surface area contributed by atoms with Crippen molar-refractivity contribution < 1.29 is 4.74 Å². The fraction of sp³-hybridized carbons (Fsp3) is 0.286. The molecule has 0 unspecified atom stereocenters. The van der Waals surface area contributed by atoms with Crippen LogP contribution in [0.25, 0.3) is 22.5 Å². The number of aromatic nitrogens is 4. The molecule has 7 nitrogen and oxygen atoms in total. The zero-order chi connectivity index (χ0) is 14.9. The second-order valence-corrected chi connectivity index (χ2v) is 5.92. The Hall–Kier alpha value is -2.32. The molecule has 0 bridgehead atoms. The fourth-order valence-corrected chi connectivity index (χ4v) is 3.23. The minimum Gasteiger partial charge on any atom is -0.378 e. The van der Waals surface area contributed by atoms with Gasteiger partial charge < -0.3 is 9.64 Å². The Bertz CT molecular complexity index is 899. The first-order valence-corrected chi connectivity index (χ1v) is 7.76. The highest BCUT2D eigenvalue weighted by Crippen LogP contribution is 2.14. The Kier molecular flexibility index (Phi) is 3.32. The van der Waals surface area contributed by atoms with Gasteiger partial charge in [-0.1, -0.05) is 11.3 Å². The monoisotopic (exact) mass is 315 g/mol. The molecule has 8 heteroatoms. The topological polar surface area (TPSA) is 72.6 Å². The maximum atomic E-state index is 12.4. The van der Waals surface area contributed by atoms with Gasteiger partial charge in [-0.3, -0.25) is 9.78 Å². The summed E-state index contributed by atoms with van der Waals surface area (Å²) < 4.78 is 7.32. The van der Waals surface area contributed by atoms with Crippen molar-refractivity contribution in [1.29, 1.82) is 0 Å². The molecule has 1 aliphatic heterocycles. The molecule has 1 fully saturated rings. The molecular formula is C14H13N5O2S. The molecule has 0 radical (unpaired) electrons. The summed E-state index contributed by atoms with van der Waals surface area (Å²) in [5.41, 5.74) is 0.725. The van der Waals surface area contributed by atoms with Crippen LogP contribution in [0.1, 0.15) is 0 Å². The molecular weight excluding hydrogens is 302 g/mol. The Balaban J connectivity index is 1.75. The second-order valence-electron chi connectivity index (χ2n) is 4.91. The third-order valence-corrected chi connectivity index (χ3v) is 4.41. The van der Waals surface area contributed by atoms with Crippen LogP contribution in [0.5, 0.6) is 0 Å². The average molecular weight is 315 g/mol. The summed E-state index contributed by atoms with van der Waals surface area (Å²) in [6.07, 6.45) is 5.25. The van der Waals surface area contributed by atoms with E-state index >= 15 is 0 Å². The first kappa shape index (κ1) is 13.4. The fourth-order valence-electron chi connectivity index (χ4n) is 2.32. The van der Waals surface area contributed by atoms with E-state index in [0.29, 0.717) is 28.5 Å². The van der Waals surface area contributed by atoms with Crippen molar-refractivity contribution in [3.63, 3.8) is 0 Å². The van der Waals surface area contributed by atoms with Gasteiger partial charge >= 0.3 is 0 Å². The highest BCUT2D eigenvalue weighted by atomic mass is 32.1. The number of morpholine rings is 1. The Morgan fingerprint density at radius 2 is 2.00 bits per heavy atom. The molecule has 0 spiro atoms. The third-order valence-electron chi connectivity index (χ3n) is 3.47. The smallest absolute Gasteiger partial charge is 0.292 e. The highest BCUT2D eigenvalue weighted by molar-refractivity contribution is 7.15. The predicted octanol–water partition coefficient (Wildman–Crippen LogP) is 0.00210. The largest absolute Gasteiger partial charge is 0.378 e. The summed E-state index contributed by atoms with van der Waals surface area (Å²) in [5.74, 6) is 0.545. The summed E-state index contributed by atoms with van der Waals surface area (Å²) in [6, 6.07) is 3.65. The molecule has 3 aromatic rings. The molecule has 0 amide bonds. The van der Waals surface area contributed by atoms with Crippen molar-refractivity contribution in [1.82, 2.24) is 24.5 Å². The zero-order valence-electron chi connectivity index (χ0n) is 11.7. The van der Waals surface area contributed by atoms with E-state index in [4.69, 9.17) is 4.74 Å². The molecule has 3 aromatic heterocycles. The maximum absolute atomic E-state index is 12.4. The number of pyridine rings is 1. The Morgan fingerprint density at radius 3 is 2.73 bits per heavy atom. The summed E-state index contributed by atoms with van der Waals surface area (Å²) in [5, 5.41) is 4.31. The standard InChI is InChI=1S/C14H13N5O2S/c20-13-11(9-18-5-7-21-8-6-18)22-14-16-12(17-19(13)14)10-1-3-15-4-2-10/h1-4,9H,5-8H2/b11-9-. The number of rotatable bonds is 2. The van der Waals surface area contributed by atoms with Crippen molar-refractivity contribution in [2.75, 3.05) is 26.3 Å². The van der Waals surface area contributed by atoms with Crippen molar-refractivity contribution in [2.24, 2.45) is 0 Å². The van der Waals surface area contributed by atoms with Crippen LogP contribution in [-0.4, -0.2) is 50.8 Å². The van der Waals surface area contributed by atoms with Gasteiger partial charge in [0.15, 0.2) is 5.82 Å². The number of thiazole rings is 1. The lowest BCUT2D eigenvalue weighted by molar-refractivity contribution is 0.0663. The van der Waals surface area contributed by atoms with Crippen LogP contribution < -0.4 is 10.1 Å². The normalized spacial score (nSPS) is 16.5. The summed E-state index contributed by atoms with van der Waals surface area (Å²) in [6.45, 7) is 2.99. The summed E-state index contributed by atoms with van der Waals surface area (Å²) in [4.78, 5) is 23.5. The van der Waals surface area contributed by atoms with Crippen molar-refractivity contribution >= 4 is 22.5 Å². The number of nitrogens with zero attached hydrogens (tertiary/aromatic N) is 5. The summed E-state index contributed by atoms with van der Waals surface area (Å²) in [7, 11) is 0. The molecule has 4 heterocycles. The van der Waals surface area contributed by atoms with E-state index in [0.717, 1.165) is 18.7 Å². The minimum absolute atomic E-state index is 0.126. The van der Waals surface area contributed by atoms with Gasteiger partial charge in [0, 0.05) is 37.2 Å². The molecule has 0 aromatic carbocycles.